The Kier molecular flexibility index (Phi) is 4.68. The highest BCUT2D eigenvalue weighted by atomic mass is 127. The Labute approximate surface area is 124 Å². The number of hydrogen-bond acceptors (Lipinski definition) is 4. The molecule has 1 atom stereocenters. The number of carboxylic acid groups (broad SMARTS) is 1. The molecule has 4 nitrogen and oxygen atoms in total. The van der Waals surface area contributed by atoms with E-state index in [1.807, 2.05) is 27.7 Å². The number of hydrogen-bond donors (Lipinski definition) is 1. The zero-order valence-electron chi connectivity index (χ0n) is 10.2. The van der Waals surface area contributed by atoms with Crippen LogP contribution >= 0.6 is 46.3 Å². The van der Waals surface area contributed by atoms with Crippen molar-refractivity contribution in [3.05, 3.63) is 0 Å². The van der Waals surface area contributed by atoms with Gasteiger partial charge in [-0.1, -0.05) is 22.6 Å². The summed E-state index contributed by atoms with van der Waals surface area (Å²) >= 11 is 5.06. The predicted octanol–water partition coefficient (Wildman–Crippen LogP) is 2.96. The van der Waals surface area contributed by atoms with E-state index in [2.05, 4.69) is 22.6 Å². The highest BCUT2D eigenvalue weighted by molar-refractivity contribution is 14.1. The van der Waals surface area contributed by atoms with Crippen LogP contribution in [0.1, 0.15) is 34.1 Å². The summed E-state index contributed by atoms with van der Waals surface area (Å²) in [7, 11) is 0. The Balaban J connectivity index is 2.87. The Morgan fingerprint density at radius 2 is 2.18 bits per heavy atom. The van der Waals surface area contributed by atoms with Crippen molar-refractivity contribution in [3.63, 3.8) is 0 Å². The predicted molar refractivity (Wildman–Crippen MR) is 80.2 cm³/mol. The van der Waals surface area contributed by atoms with Gasteiger partial charge in [0, 0.05) is 0 Å². The van der Waals surface area contributed by atoms with Gasteiger partial charge in [0.15, 0.2) is 0 Å². The molecule has 0 aromatic heterocycles. The maximum atomic E-state index is 12.0. The van der Waals surface area contributed by atoms with Gasteiger partial charge in [-0.05, 0) is 39.6 Å². The molecule has 0 aromatic rings. The van der Waals surface area contributed by atoms with E-state index in [0.29, 0.717) is 0 Å². The third-order valence-corrected chi connectivity index (χ3v) is 5.49. The number of rotatable bonds is 3. The smallest absolute Gasteiger partial charge is 0.317 e. The number of thioether (sulfide) groups is 1. The summed E-state index contributed by atoms with van der Waals surface area (Å²) in [5.74, 6) is -1.01. The van der Waals surface area contributed by atoms with E-state index in [1.54, 1.807) is 4.31 Å². The molecule has 17 heavy (non-hydrogen) atoms. The quantitative estimate of drug-likeness (QED) is 0.457. The summed E-state index contributed by atoms with van der Waals surface area (Å²) < 4.78 is 1.62. The van der Waals surface area contributed by atoms with Gasteiger partial charge in [0.1, 0.15) is 5.25 Å². The van der Waals surface area contributed by atoms with Gasteiger partial charge in [0.2, 0.25) is 5.91 Å². The minimum Gasteiger partial charge on any atom is -0.480 e. The topological polar surface area (TPSA) is 57.6 Å². The molecule has 0 aromatic carbocycles. The third-order valence-electron chi connectivity index (χ3n) is 2.09. The van der Waals surface area contributed by atoms with E-state index in [0.717, 1.165) is 0 Å². The lowest BCUT2D eigenvalue weighted by Crippen LogP contribution is -2.50. The Bertz CT molecular complexity index is 341. The van der Waals surface area contributed by atoms with E-state index >= 15 is 0 Å². The van der Waals surface area contributed by atoms with Gasteiger partial charge in [-0.2, -0.15) is 0 Å². The van der Waals surface area contributed by atoms with Gasteiger partial charge in [0.05, 0.1) is 14.0 Å². The van der Waals surface area contributed by atoms with E-state index in [-0.39, 0.29) is 15.1 Å². The first-order valence-corrected chi connectivity index (χ1v) is 7.88. The van der Waals surface area contributed by atoms with E-state index in [4.69, 9.17) is 5.11 Å². The van der Waals surface area contributed by atoms with Gasteiger partial charge >= 0.3 is 5.97 Å². The molecule has 0 aliphatic carbocycles. The van der Waals surface area contributed by atoms with Crippen LogP contribution in [0.3, 0.4) is 0 Å². The van der Waals surface area contributed by atoms with Gasteiger partial charge in [-0.25, -0.2) is 0 Å². The van der Waals surface area contributed by atoms with E-state index < -0.39 is 16.1 Å². The molecule has 0 radical (unpaired) electrons. The van der Waals surface area contributed by atoms with Crippen LogP contribution in [0.4, 0.5) is 0 Å². The number of halogens is 1. The third kappa shape index (κ3) is 4.20. The number of carbonyl (C=O) groups excluding carboxylic acids is 1. The van der Waals surface area contributed by atoms with Crippen LogP contribution < -0.4 is 0 Å². The molecular formula is C10H16INO3S2. The molecular weight excluding hydrogens is 373 g/mol. The zero-order valence-corrected chi connectivity index (χ0v) is 14.0. The highest BCUT2D eigenvalue weighted by Gasteiger charge is 2.45. The lowest BCUT2D eigenvalue weighted by Gasteiger charge is -2.44. The fraction of sp³-hybridized carbons (Fsp3) is 0.800. The molecule has 0 saturated carbocycles. The first kappa shape index (κ1) is 15.4. The molecule has 0 bridgehead atoms. The number of carboxylic acids is 1. The lowest BCUT2D eigenvalue weighted by molar-refractivity contribution is -0.140. The minimum atomic E-state index is -0.908. The fourth-order valence-corrected chi connectivity index (χ4v) is 4.38. The Hall–Kier alpha value is 0.370. The van der Waals surface area contributed by atoms with Crippen molar-refractivity contribution < 1.29 is 14.7 Å². The average molecular weight is 389 g/mol. The largest absolute Gasteiger partial charge is 0.480 e. The van der Waals surface area contributed by atoms with Crippen LogP contribution in [-0.4, -0.2) is 34.2 Å². The molecule has 1 saturated heterocycles. The maximum absolute atomic E-state index is 12.0. The van der Waals surface area contributed by atoms with Crippen molar-refractivity contribution in [3.8, 4) is 0 Å². The van der Waals surface area contributed by atoms with Gasteiger partial charge in [0.25, 0.3) is 0 Å². The SMILES string of the molecule is CC(C)(I)SN1C(=O)CC(C(=O)O)SC1(C)C. The Morgan fingerprint density at radius 3 is 2.53 bits per heavy atom. The number of amides is 1. The molecule has 1 aliphatic heterocycles. The van der Waals surface area contributed by atoms with Crippen molar-refractivity contribution in [1.82, 2.24) is 4.31 Å². The number of nitrogens with zero attached hydrogens (tertiary/aromatic N) is 1. The second-order valence-corrected chi connectivity index (χ2v) is 11.5. The summed E-state index contributed by atoms with van der Waals surface area (Å²) in [5.41, 5.74) is 0. The molecule has 1 unspecified atom stereocenters. The van der Waals surface area contributed by atoms with Crippen molar-refractivity contribution in [2.75, 3.05) is 0 Å². The van der Waals surface area contributed by atoms with Crippen molar-refractivity contribution in [2.45, 2.75) is 47.0 Å². The van der Waals surface area contributed by atoms with Crippen LogP contribution in [0.5, 0.6) is 0 Å². The van der Waals surface area contributed by atoms with Gasteiger partial charge < -0.3 is 5.11 Å². The standard InChI is InChI=1S/C10H16INO3S2/c1-9(2,11)17-12-7(13)5-6(8(14)15)16-10(12,3)4/h6H,5H2,1-4H3,(H,14,15). The molecule has 1 N–H and O–H groups in total. The molecule has 1 heterocycles. The van der Waals surface area contributed by atoms with Crippen molar-refractivity contribution in [2.24, 2.45) is 0 Å². The second kappa shape index (κ2) is 5.16. The molecule has 1 aliphatic rings. The summed E-state index contributed by atoms with van der Waals surface area (Å²) in [6.45, 7) is 7.82. The van der Waals surface area contributed by atoms with Crippen LogP contribution in [0, 0.1) is 0 Å². The van der Waals surface area contributed by atoms with Crippen molar-refractivity contribution >= 4 is 58.2 Å². The Morgan fingerprint density at radius 1 is 1.65 bits per heavy atom. The van der Waals surface area contributed by atoms with Crippen LogP contribution in [0.15, 0.2) is 0 Å². The zero-order chi connectivity index (χ0) is 13.4. The number of aliphatic carboxylic acids is 1. The van der Waals surface area contributed by atoms with Gasteiger partial charge in [-0.15, -0.1) is 11.8 Å². The van der Waals surface area contributed by atoms with Crippen LogP contribution in [-0.2, 0) is 9.59 Å². The molecule has 7 heteroatoms. The maximum Gasteiger partial charge on any atom is 0.317 e. The summed E-state index contributed by atoms with van der Waals surface area (Å²) in [6, 6.07) is 0. The van der Waals surface area contributed by atoms with Gasteiger partial charge in [-0.3, -0.25) is 13.9 Å². The van der Waals surface area contributed by atoms with E-state index in [1.165, 1.54) is 23.7 Å². The number of carbonyl (C=O) groups is 2. The molecule has 0 spiro atoms. The molecule has 1 rings (SSSR count). The monoisotopic (exact) mass is 389 g/mol. The lowest BCUT2D eigenvalue weighted by atomic mass is 10.2. The second-order valence-electron chi connectivity index (χ2n) is 4.74. The van der Waals surface area contributed by atoms with Crippen LogP contribution in [0.2, 0.25) is 0 Å². The minimum absolute atomic E-state index is 0.0726. The summed E-state index contributed by atoms with van der Waals surface area (Å²) in [4.78, 5) is 22.5. The van der Waals surface area contributed by atoms with Crippen LogP contribution in [0.25, 0.3) is 0 Å². The normalized spacial score (nSPS) is 24.9. The van der Waals surface area contributed by atoms with E-state index in [9.17, 15) is 9.59 Å². The molecule has 98 valence electrons. The highest BCUT2D eigenvalue weighted by Crippen LogP contribution is 2.47. The average Bonchev–Trinajstić information content (AvgIpc) is 2.09. The first-order chi connectivity index (χ1) is 7.53. The summed E-state index contributed by atoms with van der Waals surface area (Å²) in [6.07, 6.45) is 0.0726. The summed E-state index contributed by atoms with van der Waals surface area (Å²) in [5, 5.41) is 8.37. The number of alkyl halides is 1. The van der Waals surface area contributed by atoms with Crippen molar-refractivity contribution in [1.29, 1.82) is 0 Å². The fourth-order valence-electron chi connectivity index (χ4n) is 1.50. The molecule has 1 amide bonds. The molecule has 1 fully saturated rings. The first-order valence-electron chi connectivity index (χ1n) is 5.15.